The fourth-order valence-electron chi connectivity index (χ4n) is 1.58. The Hall–Kier alpha value is -1.74. The van der Waals surface area contributed by atoms with Gasteiger partial charge in [0.15, 0.2) is 10.4 Å². The van der Waals surface area contributed by atoms with Crippen molar-refractivity contribution in [3.8, 4) is 0 Å². The number of aromatic nitrogens is 2. The maximum absolute atomic E-state index is 12.0. The fourth-order valence-corrected chi connectivity index (χ4v) is 2.65. The molecule has 0 fully saturated rings. The summed E-state index contributed by atoms with van der Waals surface area (Å²) in [6.45, 7) is 3.90. The van der Waals surface area contributed by atoms with E-state index in [4.69, 9.17) is 4.42 Å². The van der Waals surface area contributed by atoms with Gasteiger partial charge in [0, 0.05) is 13.0 Å². The van der Waals surface area contributed by atoms with E-state index in [1.54, 1.807) is 12.1 Å². The van der Waals surface area contributed by atoms with Crippen molar-refractivity contribution < 1.29 is 14.0 Å². The Labute approximate surface area is 139 Å². The second-order valence-electron chi connectivity index (χ2n) is 4.91. The lowest BCUT2D eigenvalue weighted by Crippen LogP contribution is -2.34. The van der Waals surface area contributed by atoms with Gasteiger partial charge in [0.1, 0.15) is 11.6 Å². The Morgan fingerprint density at radius 2 is 2.14 bits per heavy atom. The summed E-state index contributed by atoms with van der Waals surface area (Å²) in [5, 5.41) is 11.8. The molecular formula is C13H15BrN4O3S. The molecule has 118 valence electrons. The summed E-state index contributed by atoms with van der Waals surface area (Å²) in [6.07, 6.45) is 0. The van der Waals surface area contributed by atoms with Gasteiger partial charge in [-0.2, -0.15) is 0 Å². The summed E-state index contributed by atoms with van der Waals surface area (Å²) in [7, 11) is 1.53. The molecule has 0 aliphatic rings. The minimum atomic E-state index is -0.374. The largest absolute Gasteiger partial charge is 0.444 e. The SMILES string of the molecule is CC(C)c1nnc(NC(=O)CN(C)C(=O)c2ccc(Br)o2)s1. The van der Waals surface area contributed by atoms with Crippen molar-refractivity contribution in [1.82, 2.24) is 15.1 Å². The second kappa shape index (κ2) is 7.01. The number of carbonyl (C=O) groups is 2. The normalized spacial score (nSPS) is 10.8. The second-order valence-corrected chi connectivity index (χ2v) is 6.70. The molecule has 0 spiro atoms. The average Bonchev–Trinajstić information content (AvgIpc) is 3.06. The molecular weight excluding hydrogens is 372 g/mol. The number of nitrogens with one attached hydrogen (secondary N) is 1. The molecule has 9 heteroatoms. The number of hydrogen-bond acceptors (Lipinski definition) is 6. The monoisotopic (exact) mass is 386 g/mol. The van der Waals surface area contributed by atoms with Crippen LogP contribution in [0.3, 0.4) is 0 Å². The summed E-state index contributed by atoms with van der Waals surface area (Å²) in [6, 6.07) is 3.16. The number of anilines is 1. The zero-order valence-electron chi connectivity index (χ0n) is 12.3. The molecule has 2 rings (SSSR count). The number of nitrogens with zero attached hydrogens (tertiary/aromatic N) is 3. The van der Waals surface area contributed by atoms with Crippen molar-refractivity contribution in [3.05, 3.63) is 27.6 Å². The van der Waals surface area contributed by atoms with Gasteiger partial charge in [0.2, 0.25) is 11.0 Å². The van der Waals surface area contributed by atoms with Crippen molar-refractivity contribution in [2.75, 3.05) is 18.9 Å². The lowest BCUT2D eigenvalue weighted by Gasteiger charge is -2.14. The molecule has 2 amide bonds. The zero-order chi connectivity index (χ0) is 16.3. The molecule has 0 bridgehead atoms. The predicted octanol–water partition coefficient (Wildman–Crippen LogP) is 2.73. The van der Waals surface area contributed by atoms with Crippen LogP contribution in [0.2, 0.25) is 0 Å². The summed E-state index contributed by atoms with van der Waals surface area (Å²) >= 11 is 4.45. The molecule has 0 aliphatic heterocycles. The van der Waals surface area contributed by atoms with E-state index in [-0.39, 0.29) is 30.0 Å². The molecule has 0 saturated carbocycles. The van der Waals surface area contributed by atoms with Gasteiger partial charge in [-0.15, -0.1) is 10.2 Å². The Morgan fingerprint density at radius 1 is 1.41 bits per heavy atom. The van der Waals surface area contributed by atoms with Gasteiger partial charge >= 0.3 is 0 Å². The van der Waals surface area contributed by atoms with E-state index in [1.165, 1.54) is 23.3 Å². The standard InChI is InChI=1S/C13H15BrN4O3S/c1-7(2)11-16-17-13(22-11)15-10(19)6-18(3)12(20)8-4-5-9(14)21-8/h4-5,7H,6H2,1-3H3,(H,15,17,19). The highest BCUT2D eigenvalue weighted by molar-refractivity contribution is 9.10. The average molecular weight is 387 g/mol. The molecule has 7 nitrogen and oxygen atoms in total. The Kier molecular flexibility index (Phi) is 5.30. The lowest BCUT2D eigenvalue weighted by molar-refractivity contribution is -0.116. The van der Waals surface area contributed by atoms with Crippen molar-refractivity contribution in [2.24, 2.45) is 0 Å². The Balaban J connectivity index is 1.91. The molecule has 0 radical (unpaired) electrons. The van der Waals surface area contributed by atoms with Gasteiger partial charge in [0.25, 0.3) is 5.91 Å². The molecule has 2 aromatic rings. The highest BCUT2D eigenvalue weighted by Crippen LogP contribution is 2.22. The topological polar surface area (TPSA) is 88.3 Å². The summed E-state index contributed by atoms with van der Waals surface area (Å²) in [5.74, 6) is -0.293. The molecule has 0 aliphatic carbocycles. The molecule has 0 aromatic carbocycles. The third-order valence-corrected chi connectivity index (χ3v) is 4.26. The van der Waals surface area contributed by atoms with Crippen LogP contribution in [0, 0.1) is 0 Å². The fraction of sp³-hybridized carbons (Fsp3) is 0.385. The first-order valence-corrected chi connectivity index (χ1v) is 8.12. The van der Waals surface area contributed by atoms with Crippen molar-refractivity contribution >= 4 is 44.2 Å². The van der Waals surface area contributed by atoms with Crippen LogP contribution in [0.1, 0.15) is 35.3 Å². The van der Waals surface area contributed by atoms with Crippen LogP contribution < -0.4 is 5.32 Å². The van der Waals surface area contributed by atoms with E-state index in [2.05, 4.69) is 31.4 Å². The van der Waals surface area contributed by atoms with Crippen LogP contribution >= 0.6 is 27.3 Å². The first-order valence-electron chi connectivity index (χ1n) is 6.51. The lowest BCUT2D eigenvalue weighted by atomic mass is 10.2. The number of carbonyl (C=O) groups excluding carboxylic acids is 2. The molecule has 0 atom stereocenters. The van der Waals surface area contributed by atoms with Gasteiger partial charge in [-0.25, -0.2) is 0 Å². The van der Waals surface area contributed by atoms with E-state index in [0.717, 1.165) is 5.01 Å². The van der Waals surface area contributed by atoms with Crippen LogP contribution in [0.25, 0.3) is 0 Å². The van der Waals surface area contributed by atoms with Crippen LogP contribution in [-0.4, -0.2) is 40.5 Å². The minimum Gasteiger partial charge on any atom is -0.444 e. The molecule has 0 unspecified atom stereocenters. The predicted molar refractivity (Wildman–Crippen MR) is 86.0 cm³/mol. The number of hydrogen-bond donors (Lipinski definition) is 1. The van der Waals surface area contributed by atoms with Gasteiger partial charge in [-0.1, -0.05) is 25.2 Å². The van der Waals surface area contributed by atoms with E-state index in [1.807, 2.05) is 13.8 Å². The third-order valence-electron chi connectivity index (χ3n) is 2.69. The first-order chi connectivity index (χ1) is 10.4. The number of likely N-dealkylation sites (N-methyl/N-ethyl adjacent to an activating group) is 1. The van der Waals surface area contributed by atoms with Gasteiger partial charge < -0.3 is 9.32 Å². The summed E-state index contributed by atoms with van der Waals surface area (Å²) in [5.41, 5.74) is 0. The van der Waals surface area contributed by atoms with Gasteiger partial charge in [0.05, 0.1) is 0 Å². The van der Waals surface area contributed by atoms with Gasteiger partial charge in [-0.3, -0.25) is 14.9 Å². The highest BCUT2D eigenvalue weighted by Gasteiger charge is 2.19. The van der Waals surface area contributed by atoms with E-state index in [9.17, 15) is 9.59 Å². The van der Waals surface area contributed by atoms with Crippen LogP contribution in [-0.2, 0) is 4.79 Å². The molecule has 1 N–H and O–H groups in total. The zero-order valence-corrected chi connectivity index (χ0v) is 14.7. The van der Waals surface area contributed by atoms with Gasteiger partial charge in [-0.05, 0) is 28.1 Å². The Bertz CT molecular complexity index is 682. The van der Waals surface area contributed by atoms with Crippen LogP contribution in [0.15, 0.2) is 21.2 Å². The van der Waals surface area contributed by atoms with Crippen LogP contribution in [0.4, 0.5) is 5.13 Å². The van der Waals surface area contributed by atoms with Crippen molar-refractivity contribution in [1.29, 1.82) is 0 Å². The molecule has 2 aromatic heterocycles. The molecule has 22 heavy (non-hydrogen) atoms. The highest BCUT2D eigenvalue weighted by atomic mass is 79.9. The van der Waals surface area contributed by atoms with Crippen molar-refractivity contribution in [2.45, 2.75) is 19.8 Å². The molecule has 2 heterocycles. The summed E-state index contributed by atoms with van der Waals surface area (Å²) in [4.78, 5) is 25.3. The first kappa shape index (κ1) is 16.6. The number of furan rings is 1. The van der Waals surface area contributed by atoms with Crippen LogP contribution in [0.5, 0.6) is 0 Å². The molecule has 0 saturated heterocycles. The Morgan fingerprint density at radius 3 is 2.68 bits per heavy atom. The number of amides is 2. The number of rotatable bonds is 5. The quantitative estimate of drug-likeness (QED) is 0.852. The van der Waals surface area contributed by atoms with Crippen molar-refractivity contribution in [3.63, 3.8) is 0 Å². The van der Waals surface area contributed by atoms with E-state index >= 15 is 0 Å². The maximum Gasteiger partial charge on any atom is 0.289 e. The maximum atomic E-state index is 12.0. The van der Waals surface area contributed by atoms with E-state index < -0.39 is 0 Å². The number of halogens is 1. The van der Waals surface area contributed by atoms with E-state index in [0.29, 0.717) is 9.80 Å². The third kappa shape index (κ3) is 4.14. The minimum absolute atomic E-state index is 0.103. The summed E-state index contributed by atoms with van der Waals surface area (Å²) < 4.78 is 5.63. The smallest absolute Gasteiger partial charge is 0.289 e.